The number of primary amides is 1. The Morgan fingerprint density at radius 3 is 2.59 bits per heavy atom. The first kappa shape index (κ1) is 24.7. The molecule has 7 nitrogen and oxygen atoms in total. The quantitative estimate of drug-likeness (QED) is 0.564. The van der Waals surface area contributed by atoms with E-state index in [2.05, 4.69) is 43.9 Å². The number of rotatable bonds is 9. The molecule has 1 aliphatic heterocycles. The van der Waals surface area contributed by atoms with Crippen molar-refractivity contribution in [3.8, 4) is 0 Å². The van der Waals surface area contributed by atoms with Crippen molar-refractivity contribution < 1.29 is 9.59 Å². The molecule has 1 saturated carbocycles. The molecule has 4 rings (SSSR count). The zero-order chi connectivity index (χ0) is 24.2. The minimum Gasteiger partial charge on any atom is -0.366 e. The van der Waals surface area contributed by atoms with E-state index < -0.39 is 5.91 Å². The summed E-state index contributed by atoms with van der Waals surface area (Å²) >= 11 is 1.68. The van der Waals surface area contributed by atoms with E-state index in [0.29, 0.717) is 29.9 Å². The fourth-order valence-electron chi connectivity index (χ4n) is 5.02. The highest BCUT2D eigenvalue weighted by molar-refractivity contribution is 7.07. The topological polar surface area (TPSA) is 91.6 Å². The number of likely N-dealkylation sites (tertiary alicyclic amines) is 1. The molecule has 2 fully saturated rings. The summed E-state index contributed by atoms with van der Waals surface area (Å²) < 4.78 is 0. The van der Waals surface area contributed by atoms with Crippen LogP contribution in [0.2, 0.25) is 0 Å². The van der Waals surface area contributed by atoms with Crippen LogP contribution in [0.5, 0.6) is 0 Å². The molecular weight excluding hydrogens is 446 g/mol. The van der Waals surface area contributed by atoms with E-state index in [1.54, 1.807) is 11.3 Å². The van der Waals surface area contributed by atoms with Gasteiger partial charge in [0.15, 0.2) is 0 Å². The molecule has 2 aromatic heterocycles. The van der Waals surface area contributed by atoms with Gasteiger partial charge in [-0.25, -0.2) is 4.79 Å². The van der Waals surface area contributed by atoms with Crippen LogP contribution in [0, 0.1) is 13.8 Å². The molecule has 2 aromatic rings. The van der Waals surface area contributed by atoms with Gasteiger partial charge in [-0.05, 0) is 93.3 Å². The molecule has 0 unspecified atom stereocenters. The van der Waals surface area contributed by atoms with Crippen molar-refractivity contribution >= 4 is 23.3 Å². The van der Waals surface area contributed by atoms with Gasteiger partial charge in [-0.1, -0.05) is 0 Å². The standard InChI is InChI=1S/C26H37N5O2S/c1-17-14-22(28-19(3)24(17)25(27)32)5-4-18(2)30-11-8-23(9-12-30)31(15-20-10-13-34-16-20)26(33)29-21-6-7-21/h10,13-14,16,18,21,23H,4-9,11-12,15H2,1-3H3,(H2,27,32)(H,29,33)/t18-/m1/s1. The third-order valence-electron chi connectivity index (χ3n) is 7.18. The van der Waals surface area contributed by atoms with Crippen molar-refractivity contribution in [2.75, 3.05) is 13.1 Å². The Bertz CT molecular complexity index is 974. The minimum atomic E-state index is -0.413. The second-order valence-corrected chi connectivity index (χ2v) is 10.7. The SMILES string of the molecule is Cc1cc(CC[C@@H](C)N2CCC(N(Cc3ccsc3)C(=O)NC3CC3)CC2)nc(C)c1C(N)=O. The molecule has 0 spiro atoms. The number of carbonyl (C=O) groups is 2. The number of nitrogens with zero attached hydrogens (tertiary/aromatic N) is 3. The summed E-state index contributed by atoms with van der Waals surface area (Å²) in [6.07, 6.45) is 6.08. The number of aryl methyl sites for hydroxylation is 3. The summed E-state index contributed by atoms with van der Waals surface area (Å²) in [7, 11) is 0. The van der Waals surface area contributed by atoms with Gasteiger partial charge in [-0.15, -0.1) is 0 Å². The van der Waals surface area contributed by atoms with Crippen LogP contribution in [0.15, 0.2) is 22.9 Å². The number of thiophene rings is 1. The van der Waals surface area contributed by atoms with Gasteiger partial charge in [0, 0.05) is 43.5 Å². The van der Waals surface area contributed by atoms with Crippen LogP contribution in [-0.2, 0) is 13.0 Å². The summed E-state index contributed by atoms with van der Waals surface area (Å²) in [5.74, 6) is -0.413. The van der Waals surface area contributed by atoms with Crippen molar-refractivity contribution in [2.24, 2.45) is 5.73 Å². The molecule has 3 N–H and O–H groups in total. The highest BCUT2D eigenvalue weighted by Gasteiger charge is 2.32. The van der Waals surface area contributed by atoms with Gasteiger partial charge in [-0.3, -0.25) is 9.78 Å². The number of pyridine rings is 1. The van der Waals surface area contributed by atoms with E-state index >= 15 is 0 Å². The monoisotopic (exact) mass is 483 g/mol. The lowest BCUT2D eigenvalue weighted by Gasteiger charge is -2.40. The predicted molar refractivity (Wildman–Crippen MR) is 136 cm³/mol. The second kappa shape index (κ2) is 10.9. The number of carbonyl (C=O) groups excluding carboxylic acids is 2. The molecular formula is C26H37N5O2S. The Kier molecular flexibility index (Phi) is 7.88. The van der Waals surface area contributed by atoms with E-state index in [0.717, 1.165) is 62.9 Å². The van der Waals surface area contributed by atoms with Crippen LogP contribution in [-0.4, -0.2) is 57.9 Å². The molecule has 3 heterocycles. The van der Waals surface area contributed by atoms with E-state index in [9.17, 15) is 9.59 Å². The zero-order valence-electron chi connectivity index (χ0n) is 20.5. The predicted octanol–water partition coefficient (Wildman–Crippen LogP) is 4.02. The van der Waals surface area contributed by atoms with Gasteiger partial charge in [0.05, 0.1) is 11.3 Å². The van der Waals surface area contributed by atoms with Crippen LogP contribution in [0.25, 0.3) is 0 Å². The van der Waals surface area contributed by atoms with Gasteiger partial charge in [0.1, 0.15) is 0 Å². The molecule has 0 radical (unpaired) electrons. The number of amides is 3. The van der Waals surface area contributed by atoms with Crippen LogP contribution < -0.4 is 11.1 Å². The number of piperidine rings is 1. The maximum atomic E-state index is 13.0. The average Bonchev–Trinajstić information content (AvgIpc) is 3.45. The Hall–Kier alpha value is -2.45. The van der Waals surface area contributed by atoms with E-state index in [1.165, 1.54) is 5.56 Å². The zero-order valence-corrected chi connectivity index (χ0v) is 21.4. The summed E-state index contributed by atoms with van der Waals surface area (Å²) in [5.41, 5.74) is 9.87. The van der Waals surface area contributed by atoms with E-state index in [-0.39, 0.29) is 12.1 Å². The minimum absolute atomic E-state index is 0.0939. The molecule has 34 heavy (non-hydrogen) atoms. The van der Waals surface area contributed by atoms with Crippen LogP contribution in [0.4, 0.5) is 4.79 Å². The van der Waals surface area contributed by atoms with Gasteiger partial charge in [0.2, 0.25) is 0 Å². The van der Waals surface area contributed by atoms with Crippen LogP contribution in [0.3, 0.4) is 0 Å². The lowest BCUT2D eigenvalue weighted by molar-refractivity contribution is 0.0945. The second-order valence-electron chi connectivity index (χ2n) is 9.89. The molecule has 184 valence electrons. The van der Waals surface area contributed by atoms with Crippen molar-refractivity contribution in [2.45, 2.75) is 84.0 Å². The third-order valence-corrected chi connectivity index (χ3v) is 7.91. The van der Waals surface area contributed by atoms with Gasteiger partial charge in [0.25, 0.3) is 5.91 Å². The maximum Gasteiger partial charge on any atom is 0.318 e. The van der Waals surface area contributed by atoms with Crippen LogP contribution in [0.1, 0.15) is 71.9 Å². The molecule has 2 aliphatic rings. The Balaban J connectivity index is 1.31. The normalized spacial score (nSPS) is 18.0. The highest BCUT2D eigenvalue weighted by Crippen LogP contribution is 2.25. The molecule has 1 atom stereocenters. The molecule has 8 heteroatoms. The summed E-state index contributed by atoms with van der Waals surface area (Å²) in [6, 6.07) is 5.28. The third kappa shape index (κ3) is 6.16. The maximum absolute atomic E-state index is 13.0. The van der Waals surface area contributed by atoms with Gasteiger partial charge >= 0.3 is 6.03 Å². The molecule has 1 saturated heterocycles. The van der Waals surface area contributed by atoms with E-state index in [1.807, 2.05) is 19.9 Å². The van der Waals surface area contributed by atoms with E-state index in [4.69, 9.17) is 5.73 Å². The largest absolute Gasteiger partial charge is 0.366 e. The van der Waals surface area contributed by atoms with Crippen molar-refractivity contribution in [1.82, 2.24) is 20.1 Å². The fourth-order valence-corrected chi connectivity index (χ4v) is 5.68. The van der Waals surface area contributed by atoms with Crippen LogP contribution >= 0.6 is 11.3 Å². The fraction of sp³-hybridized carbons (Fsp3) is 0.577. The summed E-state index contributed by atoms with van der Waals surface area (Å²) in [4.78, 5) is 33.8. The molecule has 3 amide bonds. The number of hydrogen-bond donors (Lipinski definition) is 2. The Labute approximate surface area is 206 Å². The molecule has 0 aromatic carbocycles. The van der Waals surface area contributed by atoms with Gasteiger partial charge < -0.3 is 20.9 Å². The average molecular weight is 484 g/mol. The summed E-state index contributed by atoms with van der Waals surface area (Å²) in [6.45, 7) is 8.73. The first-order chi connectivity index (χ1) is 16.3. The van der Waals surface area contributed by atoms with Crippen molar-refractivity contribution in [3.05, 3.63) is 51.0 Å². The lowest BCUT2D eigenvalue weighted by Crippen LogP contribution is -2.52. The Morgan fingerprint density at radius 1 is 1.26 bits per heavy atom. The smallest absolute Gasteiger partial charge is 0.318 e. The number of nitrogens with two attached hydrogens (primary N) is 1. The Morgan fingerprint density at radius 2 is 2.00 bits per heavy atom. The number of urea groups is 1. The van der Waals surface area contributed by atoms with Gasteiger partial charge in [-0.2, -0.15) is 11.3 Å². The van der Waals surface area contributed by atoms with Crippen molar-refractivity contribution in [1.29, 1.82) is 0 Å². The number of aromatic nitrogens is 1. The summed E-state index contributed by atoms with van der Waals surface area (Å²) in [5, 5.41) is 7.42. The number of nitrogens with one attached hydrogen (secondary N) is 1. The molecule has 1 aliphatic carbocycles. The first-order valence-corrected chi connectivity index (χ1v) is 13.3. The molecule has 0 bridgehead atoms. The highest BCUT2D eigenvalue weighted by atomic mass is 32.1. The lowest BCUT2D eigenvalue weighted by atomic mass is 9.99. The number of hydrogen-bond acceptors (Lipinski definition) is 5. The van der Waals surface area contributed by atoms with Crippen molar-refractivity contribution in [3.63, 3.8) is 0 Å². The first-order valence-electron chi connectivity index (χ1n) is 12.4.